The summed E-state index contributed by atoms with van der Waals surface area (Å²) in [4.78, 5) is 11.9. The molecule has 1 heterocycles. The maximum atomic E-state index is 11.9. The van der Waals surface area contributed by atoms with E-state index >= 15 is 0 Å². The molecule has 4 aromatic carbocycles. The molecule has 0 saturated carbocycles. The average molecular weight is 419 g/mol. The van der Waals surface area contributed by atoms with E-state index in [9.17, 15) is 4.79 Å². The number of hydrogen-bond acceptors (Lipinski definition) is 2. The molecule has 4 aromatic rings. The lowest BCUT2D eigenvalue weighted by molar-refractivity contribution is -0.115. The van der Waals surface area contributed by atoms with Gasteiger partial charge in [0.1, 0.15) is 0 Å². The van der Waals surface area contributed by atoms with Gasteiger partial charge in [-0.25, -0.2) is 0 Å². The van der Waals surface area contributed by atoms with Crippen LogP contribution in [-0.2, 0) is 4.79 Å². The van der Waals surface area contributed by atoms with E-state index in [1.54, 1.807) is 0 Å². The number of fused-ring (bicyclic) bond motifs is 5. The molecule has 3 heteroatoms. The summed E-state index contributed by atoms with van der Waals surface area (Å²) in [6, 6.07) is 26.3. The van der Waals surface area contributed by atoms with Gasteiger partial charge in [0.15, 0.2) is 0 Å². The Hall–Kier alpha value is -3.59. The van der Waals surface area contributed by atoms with E-state index in [-0.39, 0.29) is 11.9 Å². The molecule has 1 aliphatic heterocycles. The fourth-order valence-corrected chi connectivity index (χ4v) is 5.59. The first-order chi connectivity index (χ1) is 15.7. The molecule has 2 N–H and O–H groups in total. The molecule has 0 bridgehead atoms. The average Bonchev–Trinajstić information content (AvgIpc) is 3.33. The van der Waals surface area contributed by atoms with Gasteiger partial charge in [-0.05, 0) is 69.3 Å². The Bertz CT molecular complexity index is 1330. The van der Waals surface area contributed by atoms with E-state index in [1.165, 1.54) is 32.7 Å². The molecule has 0 aromatic heterocycles. The van der Waals surface area contributed by atoms with Crippen molar-refractivity contribution < 1.29 is 4.79 Å². The molecule has 2 aliphatic rings. The normalized spacial score (nSPS) is 21.2. The lowest BCUT2D eigenvalue weighted by Crippen LogP contribution is -2.29. The van der Waals surface area contributed by atoms with Crippen molar-refractivity contribution in [2.75, 3.05) is 10.6 Å². The van der Waals surface area contributed by atoms with Crippen LogP contribution in [0.25, 0.3) is 21.5 Å². The number of amides is 1. The van der Waals surface area contributed by atoms with Crippen molar-refractivity contribution in [2.45, 2.75) is 31.7 Å². The largest absolute Gasteiger partial charge is 0.378 e. The molecular formula is C29H26N2O. The molecule has 32 heavy (non-hydrogen) atoms. The van der Waals surface area contributed by atoms with Gasteiger partial charge in [0, 0.05) is 23.7 Å². The van der Waals surface area contributed by atoms with Crippen molar-refractivity contribution in [2.24, 2.45) is 5.92 Å². The Morgan fingerprint density at radius 1 is 0.969 bits per heavy atom. The number of anilines is 2. The lowest BCUT2D eigenvalue weighted by Gasteiger charge is -2.38. The van der Waals surface area contributed by atoms with Crippen LogP contribution in [0, 0.1) is 5.92 Å². The molecule has 0 radical (unpaired) electrons. The van der Waals surface area contributed by atoms with Crippen LogP contribution < -0.4 is 10.6 Å². The van der Waals surface area contributed by atoms with Gasteiger partial charge in [-0.1, -0.05) is 67.6 Å². The van der Waals surface area contributed by atoms with Crippen molar-refractivity contribution >= 4 is 38.8 Å². The van der Waals surface area contributed by atoms with E-state index in [2.05, 4.69) is 89.5 Å². The highest BCUT2D eigenvalue weighted by Crippen LogP contribution is 2.52. The Morgan fingerprint density at radius 3 is 2.41 bits per heavy atom. The number of nitrogens with one attached hydrogen (secondary N) is 2. The number of hydrogen-bond donors (Lipinski definition) is 2. The number of carbonyl (C=O) groups excluding carboxylic acids is 1. The number of benzene rings is 4. The van der Waals surface area contributed by atoms with Gasteiger partial charge in [-0.2, -0.15) is 0 Å². The summed E-state index contributed by atoms with van der Waals surface area (Å²) in [6.07, 6.45) is 6.21. The predicted molar refractivity (Wildman–Crippen MR) is 133 cm³/mol. The summed E-state index contributed by atoms with van der Waals surface area (Å²) >= 11 is 0. The van der Waals surface area contributed by atoms with Crippen LogP contribution in [0.15, 0.2) is 84.9 Å². The van der Waals surface area contributed by atoms with E-state index in [0.717, 1.165) is 17.8 Å². The summed E-state index contributed by atoms with van der Waals surface area (Å²) < 4.78 is 0. The minimum absolute atomic E-state index is 0.0485. The van der Waals surface area contributed by atoms with Crippen molar-refractivity contribution in [3.8, 4) is 0 Å². The van der Waals surface area contributed by atoms with Gasteiger partial charge in [-0.15, -0.1) is 0 Å². The molecule has 158 valence electrons. The van der Waals surface area contributed by atoms with E-state index in [4.69, 9.17) is 0 Å². The SMILES string of the molecule is CCC(=O)Nc1ccc2c(c1)C1C=CCC1C(c1c3ccccc3cc3ccccc13)N2. The molecule has 3 atom stereocenters. The second kappa shape index (κ2) is 7.52. The first-order valence-electron chi connectivity index (χ1n) is 11.5. The molecule has 0 fully saturated rings. The van der Waals surface area contributed by atoms with Gasteiger partial charge >= 0.3 is 0 Å². The Kier molecular flexibility index (Phi) is 4.50. The fourth-order valence-electron chi connectivity index (χ4n) is 5.59. The molecule has 0 spiro atoms. The Morgan fingerprint density at radius 2 is 1.69 bits per heavy atom. The maximum absolute atomic E-state index is 11.9. The molecule has 6 rings (SSSR count). The topological polar surface area (TPSA) is 41.1 Å². The van der Waals surface area contributed by atoms with Gasteiger partial charge < -0.3 is 10.6 Å². The third-order valence-corrected chi connectivity index (χ3v) is 7.09. The number of allylic oxidation sites excluding steroid dienone is 2. The lowest BCUT2D eigenvalue weighted by atomic mass is 9.75. The zero-order chi connectivity index (χ0) is 21.7. The zero-order valence-corrected chi connectivity index (χ0v) is 18.1. The van der Waals surface area contributed by atoms with Crippen LogP contribution in [0.5, 0.6) is 0 Å². The molecule has 1 amide bonds. The molecule has 3 unspecified atom stereocenters. The highest BCUT2D eigenvalue weighted by molar-refractivity contribution is 6.03. The quantitative estimate of drug-likeness (QED) is 0.273. The second-order valence-corrected chi connectivity index (χ2v) is 8.91. The Labute approximate surface area is 188 Å². The first kappa shape index (κ1) is 19.1. The predicted octanol–water partition coefficient (Wildman–Crippen LogP) is 7.17. The smallest absolute Gasteiger partial charge is 0.224 e. The van der Waals surface area contributed by atoms with Gasteiger partial charge in [0.2, 0.25) is 5.91 Å². The number of carbonyl (C=O) groups is 1. The highest BCUT2D eigenvalue weighted by Gasteiger charge is 2.39. The minimum Gasteiger partial charge on any atom is -0.378 e. The van der Waals surface area contributed by atoms with E-state index in [1.807, 2.05) is 13.0 Å². The Balaban J connectivity index is 1.52. The van der Waals surface area contributed by atoms with Gasteiger partial charge in [0.05, 0.1) is 6.04 Å². The summed E-state index contributed by atoms with van der Waals surface area (Å²) in [6.45, 7) is 1.88. The van der Waals surface area contributed by atoms with Crippen LogP contribution in [0.4, 0.5) is 11.4 Å². The van der Waals surface area contributed by atoms with E-state index < -0.39 is 0 Å². The highest BCUT2D eigenvalue weighted by atomic mass is 16.1. The van der Waals surface area contributed by atoms with Crippen LogP contribution in [-0.4, -0.2) is 5.91 Å². The minimum atomic E-state index is 0.0485. The van der Waals surface area contributed by atoms with Crippen molar-refractivity contribution in [1.29, 1.82) is 0 Å². The molecule has 0 saturated heterocycles. The van der Waals surface area contributed by atoms with Crippen molar-refractivity contribution in [3.63, 3.8) is 0 Å². The molecule has 1 aliphatic carbocycles. The van der Waals surface area contributed by atoms with Crippen LogP contribution in [0.3, 0.4) is 0 Å². The third kappa shape index (κ3) is 3.00. The third-order valence-electron chi connectivity index (χ3n) is 7.09. The standard InChI is InChI=1S/C29H26N2O/c1-2-27(32)30-20-14-15-26-25(17-20)23-12-7-13-24(23)29(31-26)28-21-10-5-3-8-18(21)16-19-9-4-6-11-22(19)28/h3-12,14-17,23-24,29,31H,2,13H2,1H3,(H,30,32). The monoisotopic (exact) mass is 418 g/mol. The van der Waals surface area contributed by atoms with Gasteiger partial charge in [0.25, 0.3) is 0 Å². The fraction of sp³-hybridized carbons (Fsp3) is 0.207. The van der Waals surface area contributed by atoms with Crippen LogP contribution >= 0.6 is 0 Å². The van der Waals surface area contributed by atoms with Crippen molar-refractivity contribution in [3.05, 3.63) is 96.1 Å². The molecule has 3 nitrogen and oxygen atoms in total. The zero-order valence-electron chi connectivity index (χ0n) is 18.1. The van der Waals surface area contributed by atoms with Crippen LogP contribution in [0.2, 0.25) is 0 Å². The van der Waals surface area contributed by atoms with Crippen LogP contribution in [0.1, 0.15) is 42.9 Å². The summed E-state index contributed by atoms with van der Waals surface area (Å²) in [5, 5.41) is 12.2. The second-order valence-electron chi connectivity index (χ2n) is 8.91. The first-order valence-corrected chi connectivity index (χ1v) is 11.5. The summed E-state index contributed by atoms with van der Waals surface area (Å²) in [7, 11) is 0. The maximum Gasteiger partial charge on any atom is 0.224 e. The number of rotatable bonds is 3. The van der Waals surface area contributed by atoms with Crippen molar-refractivity contribution in [1.82, 2.24) is 0 Å². The summed E-state index contributed by atoms with van der Waals surface area (Å²) in [5.41, 5.74) is 4.71. The van der Waals surface area contributed by atoms with Gasteiger partial charge in [-0.3, -0.25) is 4.79 Å². The van der Waals surface area contributed by atoms with E-state index in [0.29, 0.717) is 18.3 Å². The molecular weight excluding hydrogens is 392 g/mol. The summed E-state index contributed by atoms with van der Waals surface area (Å²) in [5.74, 6) is 0.827.